The first-order valence-electron chi connectivity index (χ1n) is 12.1. The average Bonchev–Trinajstić information content (AvgIpc) is 2.83. The molecule has 184 valence electrons. The first-order chi connectivity index (χ1) is 16.4. The topological polar surface area (TPSA) is 79.9 Å². The molecule has 7 heteroatoms. The van der Waals surface area contributed by atoms with Gasteiger partial charge in [0.15, 0.2) is 0 Å². The van der Waals surface area contributed by atoms with E-state index in [1.807, 2.05) is 30.3 Å². The molecule has 0 unspecified atom stereocenters. The van der Waals surface area contributed by atoms with Crippen molar-refractivity contribution in [3.63, 3.8) is 0 Å². The Morgan fingerprint density at radius 1 is 1.15 bits per heavy atom. The lowest BCUT2D eigenvalue weighted by molar-refractivity contribution is -0.122. The molecule has 1 aliphatic heterocycles. The van der Waals surface area contributed by atoms with Crippen molar-refractivity contribution < 1.29 is 19.1 Å². The van der Waals surface area contributed by atoms with Crippen LogP contribution in [0.4, 0.5) is 5.69 Å². The smallest absolute Gasteiger partial charge is 0.234 e. The van der Waals surface area contributed by atoms with E-state index in [0.717, 1.165) is 41.8 Å². The SMILES string of the molecule is COc1cccc(NC(=O)CCc2ccc3c(c2)CN(C(C)C)CC(=O)NCCCCCO3)c1. The minimum Gasteiger partial charge on any atom is -0.497 e. The Kier molecular flexibility index (Phi) is 9.76. The summed E-state index contributed by atoms with van der Waals surface area (Å²) in [5.74, 6) is 1.57. The van der Waals surface area contributed by atoms with Crippen LogP contribution in [0.3, 0.4) is 0 Å². The molecule has 0 bridgehead atoms. The molecule has 0 saturated carbocycles. The molecular formula is C27H37N3O4. The number of hydrogen-bond donors (Lipinski definition) is 2. The fourth-order valence-corrected chi connectivity index (χ4v) is 3.93. The second-order valence-corrected chi connectivity index (χ2v) is 8.98. The zero-order valence-electron chi connectivity index (χ0n) is 20.6. The van der Waals surface area contributed by atoms with Crippen molar-refractivity contribution in [2.75, 3.05) is 32.1 Å². The molecule has 2 N–H and O–H groups in total. The van der Waals surface area contributed by atoms with Crippen LogP contribution in [0.5, 0.6) is 11.5 Å². The number of rotatable bonds is 6. The van der Waals surface area contributed by atoms with Crippen LogP contribution in [0.25, 0.3) is 0 Å². The molecule has 0 atom stereocenters. The summed E-state index contributed by atoms with van der Waals surface area (Å²) in [6.07, 6.45) is 3.91. The zero-order chi connectivity index (χ0) is 24.3. The molecule has 0 aliphatic carbocycles. The van der Waals surface area contributed by atoms with Crippen LogP contribution in [0.2, 0.25) is 0 Å². The van der Waals surface area contributed by atoms with E-state index in [0.29, 0.717) is 44.8 Å². The minimum absolute atomic E-state index is 0.0472. The van der Waals surface area contributed by atoms with Gasteiger partial charge in [0.05, 0.1) is 20.3 Å². The van der Waals surface area contributed by atoms with Gasteiger partial charge in [-0.3, -0.25) is 14.5 Å². The lowest BCUT2D eigenvalue weighted by atomic mass is 10.0. The number of carbonyl (C=O) groups excluding carboxylic acids is 2. The number of nitrogens with one attached hydrogen (secondary N) is 2. The molecule has 1 heterocycles. The highest BCUT2D eigenvalue weighted by molar-refractivity contribution is 5.91. The van der Waals surface area contributed by atoms with E-state index in [4.69, 9.17) is 9.47 Å². The van der Waals surface area contributed by atoms with Crippen LogP contribution in [0.15, 0.2) is 42.5 Å². The molecule has 0 radical (unpaired) electrons. The summed E-state index contributed by atoms with van der Waals surface area (Å²) in [5.41, 5.74) is 2.84. The predicted octanol–water partition coefficient (Wildman–Crippen LogP) is 4.16. The van der Waals surface area contributed by atoms with E-state index in [9.17, 15) is 9.59 Å². The van der Waals surface area contributed by atoms with Crippen molar-refractivity contribution >= 4 is 17.5 Å². The number of ether oxygens (including phenoxy) is 2. The molecule has 0 aromatic heterocycles. The van der Waals surface area contributed by atoms with Crippen LogP contribution in [-0.2, 0) is 22.6 Å². The number of hydrogen-bond acceptors (Lipinski definition) is 5. The maximum atomic E-state index is 12.5. The number of carbonyl (C=O) groups is 2. The van der Waals surface area contributed by atoms with Crippen molar-refractivity contribution in [2.24, 2.45) is 0 Å². The van der Waals surface area contributed by atoms with Gasteiger partial charge in [0.25, 0.3) is 0 Å². The molecular weight excluding hydrogens is 430 g/mol. The highest BCUT2D eigenvalue weighted by atomic mass is 16.5. The lowest BCUT2D eigenvalue weighted by Gasteiger charge is -2.27. The summed E-state index contributed by atoms with van der Waals surface area (Å²) >= 11 is 0. The number of aryl methyl sites for hydroxylation is 1. The molecule has 0 fully saturated rings. The number of fused-ring (bicyclic) bond motifs is 1. The normalized spacial score (nSPS) is 15.7. The Balaban J connectivity index is 1.69. The maximum absolute atomic E-state index is 12.5. The van der Waals surface area contributed by atoms with E-state index >= 15 is 0 Å². The van der Waals surface area contributed by atoms with Crippen molar-refractivity contribution in [3.05, 3.63) is 53.6 Å². The second-order valence-electron chi connectivity index (χ2n) is 8.98. The molecule has 2 aromatic carbocycles. The van der Waals surface area contributed by atoms with E-state index in [1.54, 1.807) is 13.2 Å². The molecule has 7 nitrogen and oxygen atoms in total. The van der Waals surface area contributed by atoms with Gasteiger partial charge in [0.2, 0.25) is 11.8 Å². The van der Waals surface area contributed by atoms with Gasteiger partial charge >= 0.3 is 0 Å². The summed E-state index contributed by atoms with van der Waals surface area (Å²) in [7, 11) is 1.60. The van der Waals surface area contributed by atoms with E-state index < -0.39 is 0 Å². The Morgan fingerprint density at radius 3 is 2.79 bits per heavy atom. The van der Waals surface area contributed by atoms with Gasteiger partial charge in [-0.05, 0) is 63.3 Å². The van der Waals surface area contributed by atoms with Gasteiger partial charge in [0, 0.05) is 42.9 Å². The Labute approximate surface area is 202 Å². The Hall–Kier alpha value is -3.06. The van der Waals surface area contributed by atoms with Crippen molar-refractivity contribution in [3.8, 4) is 11.5 Å². The van der Waals surface area contributed by atoms with Crippen LogP contribution in [0, 0.1) is 0 Å². The zero-order valence-corrected chi connectivity index (χ0v) is 20.6. The van der Waals surface area contributed by atoms with Gasteiger partial charge in [-0.1, -0.05) is 18.2 Å². The summed E-state index contributed by atoms with van der Waals surface area (Å²) in [6.45, 7) is 6.52. The summed E-state index contributed by atoms with van der Waals surface area (Å²) in [5, 5.41) is 5.96. The molecule has 0 spiro atoms. The molecule has 34 heavy (non-hydrogen) atoms. The fourth-order valence-electron chi connectivity index (χ4n) is 3.93. The van der Waals surface area contributed by atoms with Gasteiger partial charge in [-0.25, -0.2) is 0 Å². The molecule has 1 aliphatic rings. The molecule has 2 aromatic rings. The minimum atomic E-state index is -0.0472. The first kappa shape index (κ1) is 25.6. The van der Waals surface area contributed by atoms with Crippen LogP contribution >= 0.6 is 0 Å². The number of benzene rings is 2. The van der Waals surface area contributed by atoms with E-state index in [-0.39, 0.29) is 17.9 Å². The maximum Gasteiger partial charge on any atom is 0.234 e. The lowest BCUT2D eigenvalue weighted by Crippen LogP contribution is -2.40. The highest BCUT2D eigenvalue weighted by Crippen LogP contribution is 2.25. The number of methoxy groups -OCH3 is 1. The van der Waals surface area contributed by atoms with E-state index in [2.05, 4.69) is 35.4 Å². The fraction of sp³-hybridized carbons (Fsp3) is 0.481. The number of anilines is 1. The van der Waals surface area contributed by atoms with Crippen molar-refractivity contribution in [1.82, 2.24) is 10.2 Å². The third kappa shape index (κ3) is 8.06. The van der Waals surface area contributed by atoms with E-state index in [1.165, 1.54) is 0 Å². The van der Waals surface area contributed by atoms with Crippen molar-refractivity contribution in [1.29, 1.82) is 0 Å². The van der Waals surface area contributed by atoms with Gasteiger partial charge < -0.3 is 20.1 Å². The molecule has 2 amide bonds. The van der Waals surface area contributed by atoms with Crippen LogP contribution < -0.4 is 20.1 Å². The second kappa shape index (κ2) is 13.0. The van der Waals surface area contributed by atoms with Gasteiger partial charge in [-0.2, -0.15) is 0 Å². The monoisotopic (exact) mass is 467 g/mol. The van der Waals surface area contributed by atoms with Crippen LogP contribution in [0.1, 0.15) is 50.7 Å². The Bertz CT molecular complexity index is 961. The predicted molar refractivity (Wildman–Crippen MR) is 134 cm³/mol. The number of nitrogens with zero attached hydrogens (tertiary/aromatic N) is 1. The van der Waals surface area contributed by atoms with Gasteiger partial charge in [0.1, 0.15) is 11.5 Å². The third-order valence-electron chi connectivity index (χ3n) is 5.97. The molecule has 0 saturated heterocycles. The standard InChI is InChI=1S/C27H37N3O4/c1-20(2)30-18-22-16-21(11-13-26(31)29-23-8-7-9-24(17-23)33-3)10-12-25(22)34-15-6-4-5-14-28-27(32)19-30/h7-10,12,16-17,20H,4-6,11,13-15,18-19H2,1-3H3,(H,28,32)(H,29,31). The summed E-state index contributed by atoms with van der Waals surface area (Å²) in [6, 6.07) is 13.7. The summed E-state index contributed by atoms with van der Waals surface area (Å²) in [4.78, 5) is 27.1. The summed E-state index contributed by atoms with van der Waals surface area (Å²) < 4.78 is 11.3. The first-order valence-corrected chi connectivity index (χ1v) is 12.1. The van der Waals surface area contributed by atoms with Gasteiger partial charge in [-0.15, -0.1) is 0 Å². The molecule has 3 rings (SSSR count). The quantitative estimate of drug-likeness (QED) is 0.667. The Morgan fingerprint density at radius 2 is 2.00 bits per heavy atom. The largest absolute Gasteiger partial charge is 0.497 e. The average molecular weight is 468 g/mol. The third-order valence-corrected chi connectivity index (χ3v) is 5.97. The number of amides is 2. The van der Waals surface area contributed by atoms with Crippen molar-refractivity contribution in [2.45, 2.75) is 58.5 Å². The highest BCUT2D eigenvalue weighted by Gasteiger charge is 2.18. The van der Waals surface area contributed by atoms with Crippen LogP contribution in [-0.4, -0.2) is 49.6 Å².